The van der Waals surface area contributed by atoms with Gasteiger partial charge in [-0.3, -0.25) is 4.79 Å². The summed E-state index contributed by atoms with van der Waals surface area (Å²) < 4.78 is 30.1. The molecule has 0 unspecified atom stereocenters. The van der Waals surface area contributed by atoms with Crippen LogP contribution in [0.5, 0.6) is 0 Å². The largest absolute Gasteiger partial charge is 0.481 e. The van der Waals surface area contributed by atoms with Crippen molar-refractivity contribution in [2.24, 2.45) is 0 Å². The lowest BCUT2D eigenvalue weighted by Crippen LogP contribution is -2.41. The Morgan fingerprint density at radius 3 is 2.50 bits per heavy atom. The molecule has 0 amide bonds. The van der Waals surface area contributed by atoms with Gasteiger partial charge < -0.3 is 9.52 Å². The Kier molecular flexibility index (Phi) is 5.14. The van der Waals surface area contributed by atoms with E-state index in [1.807, 2.05) is 36.4 Å². The van der Waals surface area contributed by atoms with E-state index in [0.29, 0.717) is 29.9 Å². The van der Waals surface area contributed by atoms with Crippen LogP contribution >= 0.6 is 11.3 Å². The summed E-state index contributed by atoms with van der Waals surface area (Å²) in [6.07, 6.45) is 4.34. The first kappa shape index (κ1) is 20.9. The Labute approximate surface area is 189 Å². The number of carboxylic acid groups (broad SMARTS) is 1. The van der Waals surface area contributed by atoms with Gasteiger partial charge in [0.15, 0.2) is 22.0 Å². The highest BCUT2D eigenvalue weighted by molar-refractivity contribution is 7.92. The van der Waals surface area contributed by atoms with Crippen molar-refractivity contribution in [3.63, 3.8) is 0 Å². The van der Waals surface area contributed by atoms with Crippen LogP contribution in [0.2, 0.25) is 0 Å². The zero-order chi connectivity index (χ0) is 22.3. The first-order valence-corrected chi connectivity index (χ1v) is 12.8. The van der Waals surface area contributed by atoms with Gasteiger partial charge in [-0.25, -0.2) is 13.4 Å². The molecule has 1 N–H and O–H groups in total. The second-order valence-corrected chi connectivity index (χ2v) is 11.7. The van der Waals surface area contributed by atoms with Crippen LogP contribution in [0, 0.1) is 0 Å². The number of thiophene rings is 1. The molecule has 2 aromatic carbocycles. The van der Waals surface area contributed by atoms with Crippen LogP contribution in [0.3, 0.4) is 0 Å². The van der Waals surface area contributed by atoms with Crippen molar-refractivity contribution in [3.8, 4) is 21.8 Å². The number of aromatic nitrogens is 1. The van der Waals surface area contributed by atoms with Crippen molar-refractivity contribution in [2.45, 2.75) is 30.4 Å². The molecular formula is C24H21NO5S2. The fraction of sp³-hybridized carbons (Fsp3) is 0.250. The minimum atomic E-state index is -3.55. The average molecular weight is 468 g/mol. The zero-order valence-electron chi connectivity index (χ0n) is 17.2. The highest BCUT2D eigenvalue weighted by Crippen LogP contribution is 2.47. The minimum absolute atomic E-state index is 0.0387. The van der Waals surface area contributed by atoms with Crippen LogP contribution in [-0.4, -0.2) is 30.2 Å². The summed E-state index contributed by atoms with van der Waals surface area (Å²) in [6, 6.07) is 15.8. The quantitative estimate of drug-likeness (QED) is 0.417. The molecule has 0 aliphatic carbocycles. The third-order valence-corrected chi connectivity index (χ3v) is 10.2. The molecule has 164 valence electrons. The molecule has 8 heteroatoms. The maximum Gasteiger partial charge on any atom is 0.305 e. The van der Waals surface area contributed by atoms with E-state index >= 15 is 0 Å². The van der Waals surface area contributed by atoms with Crippen LogP contribution in [-0.2, 0) is 19.4 Å². The van der Waals surface area contributed by atoms with Gasteiger partial charge in [0.05, 0.1) is 18.4 Å². The summed E-state index contributed by atoms with van der Waals surface area (Å²) in [6.45, 7) is 0. The summed E-state index contributed by atoms with van der Waals surface area (Å²) in [5.74, 6) is -0.341. The van der Waals surface area contributed by atoms with Gasteiger partial charge in [-0.1, -0.05) is 30.7 Å². The molecule has 0 bridgehead atoms. The van der Waals surface area contributed by atoms with E-state index in [4.69, 9.17) is 4.42 Å². The molecule has 0 saturated carbocycles. The van der Waals surface area contributed by atoms with Gasteiger partial charge in [-0.15, -0.1) is 11.3 Å². The number of sulfone groups is 1. The molecular weight excluding hydrogens is 446 g/mol. The van der Waals surface area contributed by atoms with Crippen LogP contribution in [0.25, 0.3) is 32.5 Å². The molecule has 1 aliphatic heterocycles. The highest BCUT2D eigenvalue weighted by atomic mass is 32.2. The van der Waals surface area contributed by atoms with E-state index < -0.39 is 27.0 Å². The third kappa shape index (κ3) is 3.53. The van der Waals surface area contributed by atoms with E-state index in [1.165, 1.54) is 17.7 Å². The van der Waals surface area contributed by atoms with Gasteiger partial charge in [0.2, 0.25) is 0 Å². The monoisotopic (exact) mass is 467 g/mol. The first-order valence-electron chi connectivity index (χ1n) is 10.4. The molecule has 32 heavy (non-hydrogen) atoms. The number of carboxylic acids is 1. The maximum atomic E-state index is 13.0. The number of benzene rings is 2. The lowest BCUT2D eigenvalue weighted by molar-refractivity contribution is -0.137. The fourth-order valence-corrected chi connectivity index (χ4v) is 8.28. The van der Waals surface area contributed by atoms with Crippen LogP contribution in [0.4, 0.5) is 0 Å². The number of hydrogen-bond donors (Lipinski definition) is 1. The Hall–Kier alpha value is -2.97. The zero-order valence-corrected chi connectivity index (χ0v) is 18.8. The molecule has 1 atom stereocenters. The molecule has 2 aromatic heterocycles. The Morgan fingerprint density at radius 1 is 1.06 bits per heavy atom. The lowest BCUT2D eigenvalue weighted by atomic mass is 9.95. The summed E-state index contributed by atoms with van der Waals surface area (Å²) in [5, 5.41) is 11.6. The summed E-state index contributed by atoms with van der Waals surface area (Å²) in [5.41, 5.74) is 1.92. The van der Waals surface area contributed by atoms with Gasteiger partial charge in [0.25, 0.3) is 0 Å². The third-order valence-electron chi connectivity index (χ3n) is 6.17. The number of aliphatic carboxylic acids is 1. The minimum Gasteiger partial charge on any atom is -0.481 e. The van der Waals surface area contributed by atoms with Gasteiger partial charge in [0, 0.05) is 15.3 Å². The molecule has 6 nitrogen and oxygen atoms in total. The standard InChI is InChI=1S/C24H21NO5S2/c26-23(27)13-24(9-1-2-10-32(24,28)29)22-8-7-21(31-22)19-6-4-16-11-18(5-3-17(16)12-19)20-14-25-15-30-20/h3-8,11-12,14-15H,1-2,9-10,13H2,(H,26,27)/t24-/m0/s1. The molecule has 1 aliphatic rings. The van der Waals surface area contributed by atoms with Crippen molar-refractivity contribution in [1.82, 2.24) is 4.98 Å². The topological polar surface area (TPSA) is 97.5 Å². The second-order valence-electron chi connectivity index (χ2n) is 8.15. The van der Waals surface area contributed by atoms with Crippen molar-refractivity contribution in [2.75, 3.05) is 5.75 Å². The number of rotatable bonds is 5. The predicted molar refractivity (Wildman–Crippen MR) is 124 cm³/mol. The van der Waals surface area contributed by atoms with Gasteiger partial charge in [0.1, 0.15) is 4.75 Å². The van der Waals surface area contributed by atoms with Gasteiger partial charge in [-0.05, 0) is 53.4 Å². The first-order chi connectivity index (χ1) is 15.4. The normalized spacial score (nSPS) is 20.4. The number of nitrogens with zero attached hydrogens (tertiary/aromatic N) is 1. The fourth-order valence-electron chi connectivity index (χ4n) is 4.51. The lowest BCUT2D eigenvalue weighted by Gasteiger charge is -2.34. The Morgan fingerprint density at radius 2 is 1.81 bits per heavy atom. The van der Waals surface area contributed by atoms with E-state index in [-0.39, 0.29) is 5.75 Å². The highest BCUT2D eigenvalue weighted by Gasteiger charge is 2.49. The maximum absolute atomic E-state index is 13.0. The van der Waals surface area contributed by atoms with Crippen LogP contribution < -0.4 is 0 Å². The van der Waals surface area contributed by atoms with Crippen LogP contribution in [0.15, 0.2) is 65.5 Å². The van der Waals surface area contributed by atoms with E-state index in [1.54, 1.807) is 12.3 Å². The molecule has 1 fully saturated rings. The molecule has 0 radical (unpaired) electrons. The average Bonchev–Trinajstić information content (AvgIpc) is 3.47. The van der Waals surface area contributed by atoms with Crippen molar-refractivity contribution in [1.29, 1.82) is 0 Å². The number of hydrogen-bond acceptors (Lipinski definition) is 6. The molecule has 4 aromatic rings. The van der Waals surface area contributed by atoms with Crippen molar-refractivity contribution < 1.29 is 22.7 Å². The van der Waals surface area contributed by atoms with Crippen molar-refractivity contribution >= 4 is 37.9 Å². The molecule has 0 spiro atoms. The van der Waals surface area contributed by atoms with E-state index in [2.05, 4.69) is 11.1 Å². The molecule has 3 heterocycles. The second kappa shape index (κ2) is 7.86. The number of fused-ring (bicyclic) bond motifs is 1. The van der Waals surface area contributed by atoms with Crippen molar-refractivity contribution in [3.05, 3.63) is 66.0 Å². The molecule has 1 saturated heterocycles. The summed E-state index contributed by atoms with van der Waals surface area (Å²) >= 11 is 1.38. The Balaban J connectivity index is 1.53. The Bertz CT molecular complexity index is 1410. The number of oxazole rings is 1. The van der Waals surface area contributed by atoms with E-state index in [0.717, 1.165) is 26.8 Å². The number of carbonyl (C=O) groups is 1. The van der Waals surface area contributed by atoms with E-state index in [9.17, 15) is 18.3 Å². The SMILES string of the molecule is O=C(O)C[C@]1(c2ccc(-c3ccc4cc(-c5cnco5)ccc4c3)s2)CCCCS1(=O)=O. The van der Waals surface area contributed by atoms with Gasteiger partial charge >= 0.3 is 5.97 Å². The molecule has 5 rings (SSSR count). The predicted octanol–water partition coefficient (Wildman–Crippen LogP) is 5.49. The summed E-state index contributed by atoms with van der Waals surface area (Å²) in [7, 11) is -3.55. The van der Waals surface area contributed by atoms with Gasteiger partial charge in [-0.2, -0.15) is 0 Å². The van der Waals surface area contributed by atoms with Crippen LogP contribution in [0.1, 0.15) is 30.6 Å². The smallest absolute Gasteiger partial charge is 0.305 e. The summed E-state index contributed by atoms with van der Waals surface area (Å²) in [4.78, 5) is 17.1.